The van der Waals surface area contributed by atoms with Crippen LogP contribution in [0.1, 0.15) is 43.3 Å². The molecule has 0 bridgehead atoms. The molecule has 0 aromatic carbocycles. The van der Waals surface area contributed by atoms with Crippen molar-refractivity contribution in [2.45, 2.75) is 57.8 Å². The van der Waals surface area contributed by atoms with Gasteiger partial charge >= 0.3 is 0 Å². The Morgan fingerprint density at radius 1 is 1.50 bits per heavy atom. The summed E-state index contributed by atoms with van der Waals surface area (Å²) in [7, 11) is 0. The monoisotopic (exact) mass is 324 g/mol. The maximum Gasteiger partial charge on any atom is 0.226 e. The lowest BCUT2D eigenvalue weighted by Crippen LogP contribution is -2.38. The highest BCUT2D eigenvalue weighted by Crippen LogP contribution is 2.39. The first-order chi connectivity index (χ1) is 10.5. The average molecular weight is 324 g/mol. The van der Waals surface area contributed by atoms with E-state index in [9.17, 15) is 4.79 Å². The highest BCUT2D eigenvalue weighted by Gasteiger charge is 2.43. The van der Waals surface area contributed by atoms with Crippen molar-refractivity contribution in [1.29, 1.82) is 0 Å². The summed E-state index contributed by atoms with van der Waals surface area (Å²) in [6, 6.07) is 0. The predicted octanol–water partition coefficient (Wildman–Crippen LogP) is 2.43. The van der Waals surface area contributed by atoms with E-state index in [-0.39, 0.29) is 17.8 Å². The van der Waals surface area contributed by atoms with Crippen LogP contribution in [0.5, 0.6) is 0 Å². The maximum atomic E-state index is 11.9. The zero-order valence-corrected chi connectivity index (χ0v) is 14.1. The maximum absolute atomic E-state index is 11.9. The first kappa shape index (κ1) is 15.9. The molecule has 5 nitrogen and oxygen atoms in total. The minimum Gasteiger partial charge on any atom is -0.353 e. The molecule has 2 heterocycles. The molecule has 1 amide bonds. The summed E-state index contributed by atoms with van der Waals surface area (Å²) in [5.41, 5.74) is 0.835. The molecule has 122 valence electrons. The second kappa shape index (κ2) is 6.64. The lowest BCUT2D eigenvalue weighted by molar-refractivity contribution is -0.191. The second-order valence-corrected chi connectivity index (χ2v) is 7.55. The molecule has 0 radical (unpaired) electrons. The summed E-state index contributed by atoms with van der Waals surface area (Å²) < 4.78 is 12.0. The van der Waals surface area contributed by atoms with Gasteiger partial charge in [-0.3, -0.25) is 4.79 Å². The summed E-state index contributed by atoms with van der Waals surface area (Å²) in [5, 5.41) is 5.86. The predicted molar refractivity (Wildman–Crippen MR) is 84.8 cm³/mol. The molecule has 1 saturated carbocycles. The Morgan fingerprint density at radius 3 is 2.95 bits per heavy atom. The molecule has 1 atom stereocenters. The number of nitrogens with one attached hydrogen (secondary N) is 1. The number of carbonyl (C=O) groups is 1. The van der Waals surface area contributed by atoms with Crippen molar-refractivity contribution in [1.82, 2.24) is 10.3 Å². The van der Waals surface area contributed by atoms with E-state index < -0.39 is 0 Å². The van der Waals surface area contributed by atoms with E-state index in [1.54, 1.807) is 11.3 Å². The third kappa shape index (κ3) is 3.86. The largest absolute Gasteiger partial charge is 0.353 e. The van der Waals surface area contributed by atoms with E-state index in [4.69, 9.17) is 9.47 Å². The van der Waals surface area contributed by atoms with E-state index in [0.717, 1.165) is 42.3 Å². The van der Waals surface area contributed by atoms with Crippen LogP contribution in [0.2, 0.25) is 0 Å². The van der Waals surface area contributed by atoms with Crippen molar-refractivity contribution in [3.8, 4) is 0 Å². The molecule has 3 rings (SSSR count). The number of hydrogen-bond donors (Lipinski definition) is 1. The third-order valence-electron chi connectivity index (χ3n) is 4.48. The number of ether oxygens (including phenoxy) is 2. The van der Waals surface area contributed by atoms with Crippen LogP contribution in [0.25, 0.3) is 0 Å². The fraction of sp³-hybridized carbons (Fsp3) is 0.750. The number of hydrogen-bond acceptors (Lipinski definition) is 5. The van der Waals surface area contributed by atoms with Gasteiger partial charge in [0.1, 0.15) is 6.10 Å². The lowest BCUT2D eigenvalue weighted by Gasteiger charge is -2.34. The molecule has 1 spiro atoms. The zero-order chi connectivity index (χ0) is 15.6. The van der Waals surface area contributed by atoms with Crippen LogP contribution < -0.4 is 5.32 Å². The van der Waals surface area contributed by atoms with Crippen molar-refractivity contribution >= 4 is 17.2 Å². The minimum absolute atomic E-state index is 0.00730. The van der Waals surface area contributed by atoms with Gasteiger partial charge in [-0.05, 0) is 25.7 Å². The normalized spacial score (nSPS) is 31.5. The van der Waals surface area contributed by atoms with Gasteiger partial charge in [-0.15, -0.1) is 11.3 Å². The van der Waals surface area contributed by atoms with Gasteiger partial charge in [0.15, 0.2) is 5.79 Å². The molecule has 1 aliphatic carbocycles. The van der Waals surface area contributed by atoms with Gasteiger partial charge in [-0.1, -0.05) is 6.92 Å². The van der Waals surface area contributed by atoms with Gasteiger partial charge in [0.05, 0.1) is 23.7 Å². The summed E-state index contributed by atoms with van der Waals surface area (Å²) in [6.07, 6.45) is 4.55. The summed E-state index contributed by atoms with van der Waals surface area (Å²) in [4.78, 5) is 16.3. The highest BCUT2D eigenvalue weighted by molar-refractivity contribution is 7.09. The quantitative estimate of drug-likeness (QED) is 0.924. The van der Waals surface area contributed by atoms with Gasteiger partial charge in [-0.2, -0.15) is 0 Å². The highest BCUT2D eigenvalue weighted by atomic mass is 32.1. The van der Waals surface area contributed by atoms with E-state index in [2.05, 4.69) is 17.2 Å². The lowest BCUT2D eigenvalue weighted by atomic mass is 9.86. The van der Waals surface area contributed by atoms with Crippen molar-refractivity contribution in [3.05, 3.63) is 16.1 Å². The molecule has 1 aromatic heterocycles. The summed E-state index contributed by atoms with van der Waals surface area (Å²) in [6.45, 7) is 5.31. The Kier molecular flexibility index (Phi) is 4.80. The Morgan fingerprint density at radius 2 is 2.27 bits per heavy atom. The number of rotatable bonds is 4. The molecule has 1 N–H and O–H groups in total. The number of carbonyl (C=O) groups excluding carboxylic acids is 1. The van der Waals surface area contributed by atoms with Crippen LogP contribution >= 0.6 is 11.3 Å². The van der Waals surface area contributed by atoms with Crippen LogP contribution in [0.15, 0.2) is 5.38 Å². The van der Waals surface area contributed by atoms with Gasteiger partial charge in [-0.25, -0.2) is 4.98 Å². The standard InChI is InChI=1S/C16H24N2O3S/c1-11-3-5-16(6-4-11)20-9-14(21-16)8-17-15(19)7-13-10-22-12(2)18-13/h10-11,14H,3-9H2,1-2H3,(H,17,19)/t11?,14-,16?/m1/s1. The number of amides is 1. The molecule has 2 aliphatic rings. The summed E-state index contributed by atoms with van der Waals surface area (Å²) in [5.74, 6) is 0.374. The molecule has 2 fully saturated rings. The van der Waals surface area contributed by atoms with Crippen LogP contribution in [-0.2, 0) is 20.7 Å². The Labute approximate surface area is 135 Å². The number of aromatic nitrogens is 1. The minimum atomic E-state index is -0.381. The van der Waals surface area contributed by atoms with Gasteiger partial charge in [0.2, 0.25) is 5.91 Å². The van der Waals surface area contributed by atoms with E-state index >= 15 is 0 Å². The molecular weight excluding hydrogens is 300 g/mol. The van der Waals surface area contributed by atoms with Crippen LogP contribution in [0, 0.1) is 12.8 Å². The molecular formula is C16H24N2O3S. The van der Waals surface area contributed by atoms with E-state index in [0.29, 0.717) is 19.6 Å². The fourth-order valence-corrected chi connectivity index (χ4v) is 3.74. The van der Waals surface area contributed by atoms with E-state index in [1.807, 2.05) is 12.3 Å². The zero-order valence-electron chi connectivity index (χ0n) is 13.3. The van der Waals surface area contributed by atoms with Crippen LogP contribution in [0.3, 0.4) is 0 Å². The van der Waals surface area contributed by atoms with Gasteiger partial charge in [0.25, 0.3) is 0 Å². The topological polar surface area (TPSA) is 60.5 Å². The average Bonchev–Trinajstić information content (AvgIpc) is 3.08. The Bertz CT molecular complexity index is 523. The molecule has 0 unspecified atom stereocenters. The summed E-state index contributed by atoms with van der Waals surface area (Å²) >= 11 is 1.57. The molecule has 1 aliphatic heterocycles. The van der Waals surface area contributed by atoms with Crippen molar-refractivity contribution in [3.63, 3.8) is 0 Å². The molecule has 1 saturated heterocycles. The Hall–Kier alpha value is -0.980. The fourth-order valence-electron chi connectivity index (χ4n) is 3.13. The van der Waals surface area contributed by atoms with Crippen molar-refractivity contribution in [2.75, 3.05) is 13.2 Å². The smallest absolute Gasteiger partial charge is 0.226 e. The van der Waals surface area contributed by atoms with Crippen LogP contribution in [0.4, 0.5) is 0 Å². The molecule has 6 heteroatoms. The van der Waals surface area contributed by atoms with Crippen molar-refractivity contribution in [2.24, 2.45) is 5.92 Å². The van der Waals surface area contributed by atoms with Crippen molar-refractivity contribution < 1.29 is 14.3 Å². The third-order valence-corrected chi connectivity index (χ3v) is 5.31. The SMILES string of the molecule is Cc1nc(CC(=O)NC[C@@H]2COC3(CCC(C)CC3)O2)cs1. The Balaban J connectivity index is 1.42. The number of nitrogens with zero attached hydrogens (tertiary/aromatic N) is 1. The number of aryl methyl sites for hydroxylation is 1. The molecule has 22 heavy (non-hydrogen) atoms. The molecule has 1 aromatic rings. The van der Waals surface area contributed by atoms with Gasteiger partial charge < -0.3 is 14.8 Å². The van der Waals surface area contributed by atoms with E-state index in [1.165, 1.54) is 0 Å². The van der Waals surface area contributed by atoms with Gasteiger partial charge in [0, 0.05) is 24.8 Å². The second-order valence-electron chi connectivity index (χ2n) is 6.48. The number of thiazole rings is 1. The van der Waals surface area contributed by atoms with Crippen LogP contribution in [-0.4, -0.2) is 35.9 Å². The first-order valence-corrected chi connectivity index (χ1v) is 8.92. The first-order valence-electron chi connectivity index (χ1n) is 8.04.